The van der Waals surface area contributed by atoms with Crippen LogP contribution >= 0.6 is 23.2 Å². The molecule has 8 rings (SSSR count). The number of non-ortho nitro benzene ring substituents is 2. The Balaban J connectivity index is 0.000000218. The normalized spacial score (nSPS) is 10.9. The SMILES string of the molecule is O=C(Nc1cccc([N+](=O)[O-])c1)c1cc2ccccc2c(N=Nc2cc(Cl)ccc2O)c1O.O=C(Nc1cccc([N+](=O)[O-])c1)c1cc2ccccc2c(N=Nc2cc(Cl)ccc2O)c1O.[Fe]. The molecule has 336 valence electrons. The smallest absolute Gasteiger partial charge is 0.271 e. The van der Waals surface area contributed by atoms with Crippen LogP contribution in [0.2, 0.25) is 10.0 Å². The number of benzene rings is 8. The molecule has 0 aliphatic carbocycles. The Morgan fingerprint density at radius 3 is 1.27 bits per heavy atom. The molecule has 18 nitrogen and oxygen atoms in total. The van der Waals surface area contributed by atoms with Crippen LogP contribution in [0.25, 0.3) is 21.5 Å². The Morgan fingerprint density at radius 1 is 0.493 bits per heavy atom. The van der Waals surface area contributed by atoms with E-state index in [1.54, 1.807) is 48.5 Å². The number of aromatic hydroxyl groups is 4. The molecule has 0 saturated heterocycles. The number of carbonyl (C=O) groups excluding carboxylic acids is 2. The van der Waals surface area contributed by atoms with E-state index in [1.165, 1.54) is 97.1 Å². The average Bonchev–Trinajstić information content (AvgIpc) is 3.30. The van der Waals surface area contributed by atoms with Crippen LogP contribution in [0.15, 0.2) is 166 Å². The predicted molar refractivity (Wildman–Crippen MR) is 248 cm³/mol. The summed E-state index contributed by atoms with van der Waals surface area (Å²) in [7, 11) is 0. The van der Waals surface area contributed by atoms with Crippen LogP contribution in [-0.2, 0) is 17.1 Å². The number of halogens is 2. The molecule has 0 aromatic heterocycles. The van der Waals surface area contributed by atoms with Gasteiger partial charge in [0.25, 0.3) is 23.2 Å². The zero-order chi connectivity index (χ0) is 47.1. The first kappa shape index (κ1) is 48.0. The number of amides is 2. The van der Waals surface area contributed by atoms with Crippen molar-refractivity contribution in [2.75, 3.05) is 10.6 Å². The monoisotopic (exact) mass is 980 g/mol. The second-order valence-electron chi connectivity index (χ2n) is 13.9. The van der Waals surface area contributed by atoms with Gasteiger partial charge in [-0.3, -0.25) is 29.8 Å². The number of nitro groups is 2. The Morgan fingerprint density at radius 2 is 0.881 bits per heavy atom. The van der Waals surface area contributed by atoms with E-state index in [-0.39, 0.29) is 85.2 Å². The maximum atomic E-state index is 12.9. The molecular formula is C46H30Cl2FeN8O10. The fraction of sp³-hybridized carbons (Fsp3) is 0. The summed E-state index contributed by atoms with van der Waals surface area (Å²) in [5, 5.41) is 87.8. The van der Waals surface area contributed by atoms with Gasteiger partial charge in [0.05, 0.1) is 21.0 Å². The number of carbonyl (C=O) groups is 2. The van der Waals surface area contributed by atoms with E-state index in [1.807, 2.05) is 0 Å². The van der Waals surface area contributed by atoms with Gasteiger partial charge < -0.3 is 31.1 Å². The van der Waals surface area contributed by atoms with Crippen molar-refractivity contribution < 1.29 is 56.9 Å². The van der Waals surface area contributed by atoms with Crippen molar-refractivity contribution in [2.45, 2.75) is 0 Å². The number of hydrogen-bond donors (Lipinski definition) is 6. The fourth-order valence-electron chi connectivity index (χ4n) is 6.34. The van der Waals surface area contributed by atoms with Gasteiger partial charge in [-0.25, -0.2) is 0 Å². The van der Waals surface area contributed by atoms with E-state index in [0.29, 0.717) is 31.6 Å². The molecule has 21 heteroatoms. The number of nitrogens with one attached hydrogen (secondary N) is 2. The number of anilines is 2. The van der Waals surface area contributed by atoms with Crippen molar-refractivity contribution in [2.24, 2.45) is 20.5 Å². The maximum absolute atomic E-state index is 12.9. The zero-order valence-electron chi connectivity index (χ0n) is 33.9. The van der Waals surface area contributed by atoms with Gasteiger partial charge in [-0.05, 0) is 71.4 Å². The summed E-state index contributed by atoms with van der Waals surface area (Å²) in [4.78, 5) is 46.7. The molecule has 0 saturated carbocycles. The molecule has 8 aromatic carbocycles. The van der Waals surface area contributed by atoms with E-state index >= 15 is 0 Å². The summed E-state index contributed by atoms with van der Waals surface area (Å²) >= 11 is 11.9. The van der Waals surface area contributed by atoms with E-state index in [2.05, 4.69) is 31.1 Å². The van der Waals surface area contributed by atoms with Gasteiger partial charge in [-0.15, -0.1) is 20.5 Å². The van der Waals surface area contributed by atoms with Crippen molar-refractivity contribution in [1.29, 1.82) is 0 Å². The van der Waals surface area contributed by atoms with Crippen molar-refractivity contribution in [1.82, 2.24) is 0 Å². The predicted octanol–water partition coefficient (Wildman–Crippen LogP) is 13.0. The molecule has 6 N–H and O–H groups in total. The molecule has 8 aromatic rings. The van der Waals surface area contributed by atoms with Crippen LogP contribution in [0, 0.1) is 20.2 Å². The number of fused-ring (bicyclic) bond motifs is 2. The quantitative estimate of drug-likeness (QED) is 0.0326. The first-order valence-corrected chi connectivity index (χ1v) is 19.8. The minimum atomic E-state index is -0.694. The first-order chi connectivity index (χ1) is 31.7. The standard InChI is InChI=1S/2C23H15ClN4O5.Fe/c2*24-14-8-9-20(29)19(11-14)26-27-21-17-7-2-1-4-13(17)10-18(22(21)30)23(31)25-15-5-3-6-16(12-15)28(32)33;/h2*1-12,29-30H,(H,25,31);. The fourth-order valence-corrected chi connectivity index (χ4v) is 6.67. The molecule has 0 aliphatic heterocycles. The molecule has 2 amide bonds. The van der Waals surface area contributed by atoms with E-state index in [9.17, 15) is 50.2 Å². The van der Waals surface area contributed by atoms with Crippen LogP contribution in [0.5, 0.6) is 23.0 Å². The summed E-state index contributed by atoms with van der Waals surface area (Å²) in [5.74, 6) is -2.59. The van der Waals surface area contributed by atoms with Crippen LogP contribution in [0.3, 0.4) is 0 Å². The molecule has 67 heavy (non-hydrogen) atoms. The zero-order valence-corrected chi connectivity index (χ0v) is 36.5. The first-order valence-electron chi connectivity index (χ1n) is 19.1. The molecule has 0 spiro atoms. The molecule has 0 aliphatic rings. The summed E-state index contributed by atoms with van der Waals surface area (Å²) in [6.07, 6.45) is 0. The molecule has 0 radical (unpaired) electrons. The van der Waals surface area contributed by atoms with Gasteiger partial charge in [-0.2, -0.15) is 0 Å². The number of phenols is 4. The number of nitrogens with zero attached hydrogens (tertiary/aromatic N) is 6. The summed E-state index contributed by atoms with van der Waals surface area (Å²) in [5.41, 5.74) is -0.0302. The van der Waals surface area contributed by atoms with Gasteiger partial charge in [0.2, 0.25) is 0 Å². The second kappa shape index (κ2) is 21.0. The average molecular weight is 982 g/mol. The number of nitro benzene ring substituents is 2. The summed E-state index contributed by atoms with van der Waals surface area (Å²) in [6.45, 7) is 0. The van der Waals surface area contributed by atoms with Crippen LogP contribution in [0.1, 0.15) is 20.7 Å². The van der Waals surface area contributed by atoms with E-state index in [4.69, 9.17) is 23.2 Å². The van der Waals surface area contributed by atoms with E-state index < -0.39 is 33.2 Å². The van der Waals surface area contributed by atoms with Crippen molar-refractivity contribution in [3.63, 3.8) is 0 Å². The van der Waals surface area contributed by atoms with Gasteiger partial charge in [0, 0.05) is 73.5 Å². The third-order valence-corrected chi connectivity index (χ3v) is 9.97. The third kappa shape index (κ3) is 11.3. The van der Waals surface area contributed by atoms with Gasteiger partial charge >= 0.3 is 0 Å². The Hall–Kier alpha value is -8.48. The Kier molecular flexibility index (Phi) is 15.0. The second-order valence-corrected chi connectivity index (χ2v) is 14.7. The minimum Gasteiger partial charge on any atom is -0.506 e. The maximum Gasteiger partial charge on any atom is 0.271 e. The molecule has 0 bridgehead atoms. The summed E-state index contributed by atoms with van der Waals surface area (Å²) in [6, 6.07) is 36.2. The van der Waals surface area contributed by atoms with Crippen molar-refractivity contribution in [3.05, 3.63) is 187 Å². The number of hydrogen-bond acceptors (Lipinski definition) is 14. The Bertz CT molecular complexity index is 3100. The molecule has 0 fully saturated rings. The van der Waals surface area contributed by atoms with E-state index in [0.717, 1.165) is 0 Å². The van der Waals surface area contributed by atoms with Gasteiger partial charge in [-0.1, -0.05) is 83.9 Å². The largest absolute Gasteiger partial charge is 0.506 e. The van der Waals surface area contributed by atoms with Crippen LogP contribution in [0.4, 0.5) is 45.5 Å². The Labute approximate surface area is 398 Å². The third-order valence-electron chi connectivity index (χ3n) is 9.50. The number of rotatable bonds is 10. The molecule has 0 heterocycles. The minimum absolute atomic E-state index is 0. The summed E-state index contributed by atoms with van der Waals surface area (Å²) < 4.78 is 0. The van der Waals surface area contributed by atoms with Gasteiger partial charge in [0.15, 0.2) is 11.5 Å². The van der Waals surface area contributed by atoms with Crippen molar-refractivity contribution in [3.8, 4) is 23.0 Å². The van der Waals surface area contributed by atoms with Gasteiger partial charge in [0.1, 0.15) is 34.2 Å². The topological polar surface area (TPSA) is 275 Å². The number of azo groups is 2. The van der Waals surface area contributed by atoms with Crippen molar-refractivity contribution >= 4 is 102 Å². The van der Waals surface area contributed by atoms with Crippen LogP contribution in [-0.4, -0.2) is 42.1 Å². The molecule has 0 unspecified atom stereocenters. The molecule has 0 atom stereocenters. The molecular weight excluding hydrogens is 951 g/mol. The van der Waals surface area contributed by atoms with Crippen LogP contribution < -0.4 is 10.6 Å². The number of phenolic OH excluding ortho intramolecular Hbond substituents is 4.